The number of nitrogens with one attached hydrogen (secondary N) is 2. The first-order chi connectivity index (χ1) is 13.4. The van der Waals surface area contributed by atoms with Crippen molar-refractivity contribution in [3.05, 3.63) is 35.4 Å². The summed E-state index contributed by atoms with van der Waals surface area (Å²) in [4.78, 5) is 7.27. The Morgan fingerprint density at radius 3 is 2.46 bits per heavy atom. The van der Waals surface area contributed by atoms with E-state index in [-0.39, 0.29) is 11.5 Å². The van der Waals surface area contributed by atoms with Crippen molar-refractivity contribution in [1.82, 2.24) is 15.5 Å². The number of aliphatic imine (C=N–C) groups is 1. The van der Waals surface area contributed by atoms with E-state index in [2.05, 4.69) is 67.5 Å². The summed E-state index contributed by atoms with van der Waals surface area (Å²) in [6.45, 7) is 15.4. The second-order valence-electron chi connectivity index (χ2n) is 8.32. The Bertz CT molecular complexity index is 607. The molecule has 1 atom stereocenters. The van der Waals surface area contributed by atoms with Gasteiger partial charge in [-0.15, -0.1) is 0 Å². The van der Waals surface area contributed by atoms with Crippen LogP contribution >= 0.6 is 0 Å². The van der Waals surface area contributed by atoms with Crippen molar-refractivity contribution in [2.24, 2.45) is 10.4 Å². The van der Waals surface area contributed by atoms with Crippen LogP contribution in [0.3, 0.4) is 0 Å². The molecule has 1 unspecified atom stereocenters. The van der Waals surface area contributed by atoms with Crippen LogP contribution in [0.15, 0.2) is 29.3 Å². The van der Waals surface area contributed by atoms with Crippen molar-refractivity contribution in [2.45, 2.75) is 46.9 Å². The molecule has 0 saturated carbocycles. The first-order valence-corrected chi connectivity index (χ1v) is 10.4. The Hall–Kier alpha value is -1.63. The lowest BCUT2D eigenvalue weighted by Gasteiger charge is -2.30. The minimum absolute atomic E-state index is 0.0732. The van der Waals surface area contributed by atoms with Crippen molar-refractivity contribution in [2.75, 3.05) is 46.5 Å². The Morgan fingerprint density at radius 1 is 1.18 bits per heavy atom. The minimum Gasteiger partial charge on any atom is -0.379 e. The maximum atomic E-state index is 5.65. The summed E-state index contributed by atoms with van der Waals surface area (Å²) in [7, 11) is 1.77. The third-order valence-corrected chi connectivity index (χ3v) is 5.07. The van der Waals surface area contributed by atoms with Gasteiger partial charge in [0.25, 0.3) is 0 Å². The van der Waals surface area contributed by atoms with Crippen LogP contribution < -0.4 is 10.6 Å². The molecule has 0 spiro atoms. The van der Waals surface area contributed by atoms with Gasteiger partial charge in [-0.05, 0) is 23.5 Å². The summed E-state index contributed by atoms with van der Waals surface area (Å²) < 4.78 is 11.1. The van der Waals surface area contributed by atoms with Crippen molar-refractivity contribution < 1.29 is 9.47 Å². The summed E-state index contributed by atoms with van der Waals surface area (Å²) in [5.41, 5.74) is 2.68. The van der Waals surface area contributed by atoms with Crippen LogP contribution in [0.4, 0.5) is 0 Å². The Labute approximate surface area is 170 Å². The van der Waals surface area contributed by atoms with Crippen molar-refractivity contribution >= 4 is 5.96 Å². The maximum Gasteiger partial charge on any atom is 0.191 e. The molecular formula is C22H38N4O2. The first-order valence-electron chi connectivity index (χ1n) is 10.4. The highest BCUT2D eigenvalue weighted by Crippen LogP contribution is 2.21. The standard InChI is InChI=1S/C22H38N4O2/c1-6-23-21(25-16-20(27-5)22(2,3)4)24-15-18-9-7-8-10-19(18)17-26-11-13-28-14-12-26/h7-10,20H,6,11-17H2,1-5H3,(H2,23,24,25). The zero-order valence-corrected chi connectivity index (χ0v) is 18.3. The first kappa shape index (κ1) is 22.7. The van der Waals surface area contributed by atoms with E-state index in [0.717, 1.165) is 51.9 Å². The second kappa shape index (κ2) is 11.4. The number of rotatable bonds is 8. The highest BCUT2D eigenvalue weighted by molar-refractivity contribution is 5.79. The monoisotopic (exact) mass is 390 g/mol. The molecule has 2 N–H and O–H groups in total. The van der Waals surface area contributed by atoms with Gasteiger partial charge in [0.2, 0.25) is 0 Å². The molecule has 1 heterocycles. The molecule has 0 bridgehead atoms. The molecule has 1 aromatic carbocycles. The summed E-state index contributed by atoms with van der Waals surface area (Å²) >= 11 is 0. The summed E-state index contributed by atoms with van der Waals surface area (Å²) in [5.74, 6) is 0.829. The molecule has 0 aliphatic carbocycles. The predicted octanol–water partition coefficient (Wildman–Crippen LogP) is 2.64. The van der Waals surface area contributed by atoms with E-state index in [1.54, 1.807) is 7.11 Å². The summed E-state index contributed by atoms with van der Waals surface area (Å²) in [5, 5.41) is 6.78. The van der Waals surface area contributed by atoms with Crippen molar-refractivity contribution in [3.63, 3.8) is 0 Å². The van der Waals surface area contributed by atoms with E-state index in [1.807, 2.05) is 0 Å². The van der Waals surface area contributed by atoms with Gasteiger partial charge in [0.1, 0.15) is 0 Å². The normalized spacial score (nSPS) is 17.4. The number of nitrogens with zero attached hydrogens (tertiary/aromatic N) is 2. The van der Waals surface area contributed by atoms with Gasteiger partial charge in [-0.2, -0.15) is 0 Å². The molecule has 1 aliphatic rings. The van der Waals surface area contributed by atoms with Gasteiger partial charge in [-0.3, -0.25) is 4.90 Å². The average Bonchev–Trinajstić information content (AvgIpc) is 2.67. The van der Waals surface area contributed by atoms with Crippen molar-refractivity contribution in [3.8, 4) is 0 Å². The lowest BCUT2D eigenvalue weighted by Crippen LogP contribution is -2.45. The highest BCUT2D eigenvalue weighted by Gasteiger charge is 2.24. The second-order valence-corrected chi connectivity index (χ2v) is 8.32. The molecule has 6 nitrogen and oxygen atoms in total. The van der Waals surface area contributed by atoms with Crippen LogP contribution in [0.25, 0.3) is 0 Å². The molecule has 1 fully saturated rings. The van der Waals surface area contributed by atoms with Crippen LogP contribution in [0.2, 0.25) is 0 Å². The van der Waals surface area contributed by atoms with Gasteiger partial charge in [0.05, 0.1) is 25.9 Å². The number of benzene rings is 1. The highest BCUT2D eigenvalue weighted by atomic mass is 16.5. The molecule has 6 heteroatoms. The van der Waals surface area contributed by atoms with E-state index >= 15 is 0 Å². The van der Waals surface area contributed by atoms with Crippen LogP contribution in [0.5, 0.6) is 0 Å². The topological polar surface area (TPSA) is 58.1 Å². The van der Waals surface area contributed by atoms with Crippen LogP contribution in [-0.2, 0) is 22.6 Å². The smallest absolute Gasteiger partial charge is 0.191 e. The zero-order valence-electron chi connectivity index (χ0n) is 18.3. The fraction of sp³-hybridized carbons (Fsp3) is 0.682. The molecule has 2 rings (SSSR count). The number of guanidine groups is 1. The third-order valence-electron chi connectivity index (χ3n) is 5.07. The predicted molar refractivity (Wildman–Crippen MR) is 116 cm³/mol. The maximum absolute atomic E-state index is 5.65. The number of hydrogen-bond donors (Lipinski definition) is 2. The van der Waals surface area contributed by atoms with E-state index in [9.17, 15) is 0 Å². The molecule has 0 amide bonds. The summed E-state index contributed by atoms with van der Waals surface area (Å²) in [6.07, 6.45) is 0.116. The molecular weight excluding hydrogens is 352 g/mol. The summed E-state index contributed by atoms with van der Waals surface area (Å²) in [6, 6.07) is 8.59. The van der Waals surface area contributed by atoms with Gasteiger partial charge in [-0.25, -0.2) is 4.99 Å². The van der Waals surface area contributed by atoms with Crippen molar-refractivity contribution in [1.29, 1.82) is 0 Å². The molecule has 28 heavy (non-hydrogen) atoms. The Balaban J connectivity index is 2.01. The van der Waals surface area contributed by atoms with Crippen LogP contribution in [-0.4, -0.2) is 63.5 Å². The fourth-order valence-corrected chi connectivity index (χ4v) is 3.30. The third kappa shape index (κ3) is 7.41. The fourth-order valence-electron chi connectivity index (χ4n) is 3.30. The lowest BCUT2D eigenvalue weighted by atomic mass is 9.89. The van der Waals surface area contributed by atoms with E-state index in [4.69, 9.17) is 14.5 Å². The number of ether oxygens (including phenoxy) is 2. The van der Waals surface area contributed by atoms with Gasteiger partial charge >= 0.3 is 0 Å². The van der Waals surface area contributed by atoms with Gasteiger partial charge < -0.3 is 20.1 Å². The van der Waals surface area contributed by atoms with E-state index in [1.165, 1.54) is 11.1 Å². The molecule has 1 saturated heterocycles. The quantitative estimate of drug-likeness (QED) is 0.528. The zero-order chi connectivity index (χ0) is 20.4. The van der Waals surface area contributed by atoms with Gasteiger partial charge in [0, 0.05) is 39.8 Å². The van der Waals surface area contributed by atoms with E-state index in [0.29, 0.717) is 6.54 Å². The number of hydrogen-bond acceptors (Lipinski definition) is 4. The van der Waals surface area contributed by atoms with Gasteiger partial charge in [0.15, 0.2) is 5.96 Å². The number of morpholine rings is 1. The molecule has 0 radical (unpaired) electrons. The molecule has 1 aromatic rings. The SMILES string of the molecule is CCNC(=NCc1ccccc1CN1CCOCC1)NCC(OC)C(C)(C)C. The average molecular weight is 391 g/mol. The van der Waals surface area contributed by atoms with Crippen LogP contribution in [0, 0.1) is 5.41 Å². The van der Waals surface area contributed by atoms with Gasteiger partial charge in [-0.1, -0.05) is 45.0 Å². The molecule has 1 aliphatic heterocycles. The largest absolute Gasteiger partial charge is 0.379 e. The van der Waals surface area contributed by atoms with E-state index < -0.39 is 0 Å². The lowest BCUT2D eigenvalue weighted by molar-refractivity contribution is 0.0205. The Morgan fingerprint density at radius 2 is 1.86 bits per heavy atom. The molecule has 0 aromatic heterocycles. The van der Waals surface area contributed by atoms with Crippen LogP contribution in [0.1, 0.15) is 38.8 Å². The minimum atomic E-state index is 0.0732. The molecule has 158 valence electrons. The Kier molecular flexibility index (Phi) is 9.22. The number of methoxy groups -OCH3 is 1.